The highest BCUT2D eigenvalue weighted by atomic mass is 16.5. The third-order valence-corrected chi connectivity index (χ3v) is 2.78. The van der Waals surface area contributed by atoms with Crippen LogP contribution in [-0.2, 0) is 10.2 Å². The Morgan fingerprint density at radius 1 is 1.41 bits per heavy atom. The molecule has 0 aliphatic heterocycles. The van der Waals surface area contributed by atoms with Crippen LogP contribution in [0, 0.1) is 0 Å². The Labute approximate surface area is 102 Å². The van der Waals surface area contributed by atoms with Crippen molar-refractivity contribution in [2.45, 2.75) is 19.3 Å². The molecule has 1 aromatic carbocycles. The van der Waals surface area contributed by atoms with E-state index in [4.69, 9.17) is 10.5 Å². The van der Waals surface area contributed by atoms with Crippen molar-refractivity contribution in [1.29, 1.82) is 0 Å². The minimum Gasteiger partial charge on any atom is -0.496 e. The lowest BCUT2D eigenvalue weighted by Crippen LogP contribution is -2.42. The van der Waals surface area contributed by atoms with E-state index in [-0.39, 0.29) is 5.91 Å². The van der Waals surface area contributed by atoms with E-state index in [2.05, 4.69) is 5.32 Å². The normalized spacial score (nSPS) is 11.1. The molecule has 1 aromatic rings. The summed E-state index contributed by atoms with van der Waals surface area (Å²) in [5, 5.41) is 2.80. The molecule has 3 N–H and O–H groups in total. The third kappa shape index (κ3) is 2.97. The molecule has 1 rings (SSSR count). The summed E-state index contributed by atoms with van der Waals surface area (Å²) in [7, 11) is 1.60. The second-order valence-electron chi connectivity index (χ2n) is 4.37. The van der Waals surface area contributed by atoms with E-state index in [1.54, 1.807) is 7.11 Å². The first kappa shape index (κ1) is 13.5. The van der Waals surface area contributed by atoms with Gasteiger partial charge in [-0.2, -0.15) is 0 Å². The molecule has 0 aliphatic carbocycles. The van der Waals surface area contributed by atoms with Gasteiger partial charge in [0.15, 0.2) is 0 Å². The van der Waals surface area contributed by atoms with Crippen molar-refractivity contribution in [3.63, 3.8) is 0 Å². The standard InChI is InChI=1S/C13H20N2O2/c1-13(2,12(16)15-9-8-14)10-6-4-5-7-11(10)17-3/h4-7H,8-9,14H2,1-3H3,(H,15,16). The summed E-state index contributed by atoms with van der Waals surface area (Å²) in [6, 6.07) is 7.54. The monoisotopic (exact) mass is 236 g/mol. The van der Waals surface area contributed by atoms with Crippen LogP contribution in [0.25, 0.3) is 0 Å². The van der Waals surface area contributed by atoms with Gasteiger partial charge in [-0.05, 0) is 19.9 Å². The molecule has 0 atom stereocenters. The molecule has 0 spiro atoms. The zero-order valence-corrected chi connectivity index (χ0v) is 10.6. The van der Waals surface area contributed by atoms with Crippen LogP contribution in [0.4, 0.5) is 0 Å². The number of hydrogen-bond donors (Lipinski definition) is 2. The van der Waals surface area contributed by atoms with Crippen molar-refractivity contribution < 1.29 is 9.53 Å². The number of nitrogens with two attached hydrogens (primary N) is 1. The molecule has 0 saturated heterocycles. The summed E-state index contributed by atoms with van der Waals surface area (Å²) in [4.78, 5) is 12.1. The van der Waals surface area contributed by atoms with Crippen LogP contribution in [0.1, 0.15) is 19.4 Å². The van der Waals surface area contributed by atoms with Gasteiger partial charge in [-0.25, -0.2) is 0 Å². The van der Waals surface area contributed by atoms with Gasteiger partial charge in [-0.3, -0.25) is 4.79 Å². The summed E-state index contributed by atoms with van der Waals surface area (Å²) in [6.07, 6.45) is 0. The van der Waals surface area contributed by atoms with E-state index < -0.39 is 5.41 Å². The summed E-state index contributed by atoms with van der Waals surface area (Å²) >= 11 is 0. The average molecular weight is 236 g/mol. The van der Waals surface area contributed by atoms with Crippen LogP contribution in [0.5, 0.6) is 5.75 Å². The highest BCUT2D eigenvalue weighted by Crippen LogP contribution is 2.31. The predicted molar refractivity (Wildman–Crippen MR) is 68.1 cm³/mol. The second kappa shape index (κ2) is 5.68. The van der Waals surface area contributed by atoms with Crippen molar-refractivity contribution >= 4 is 5.91 Å². The maximum absolute atomic E-state index is 12.1. The fraction of sp³-hybridized carbons (Fsp3) is 0.462. The zero-order valence-electron chi connectivity index (χ0n) is 10.6. The first-order chi connectivity index (χ1) is 8.04. The molecule has 17 heavy (non-hydrogen) atoms. The largest absolute Gasteiger partial charge is 0.496 e. The molecule has 4 heteroatoms. The van der Waals surface area contributed by atoms with Crippen molar-refractivity contribution in [2.24, 2.45) is 5.73 Å². The predicted octanol–water partition coefficient (Wildman–Crippen LogP) is 1.05. The second-order valence-corrected chi connectivity index (χ2v) is 4.37. The Balaban J connectivity index is 2.99. The Bertz CT molecular complexity index is 389. The van der Waals surface area contributed by atoms with Gasteiger partial charge in [0.05, 0.1) is 12.5 Å². The summed E-state index contributed by atoms with van der Waals surface area (Å²) in [6.45, 7) is 4.67. The lowest BCUT2D eigenvalue weighted by atomic mass is 9.83. The van der Waals surface area contributed by atoms with Gasteiger partial charge in [0.2, 0.25) is 5.91 Å². The number of carbonyl (C=O) groups excluding carboxylic acids is 1. The van der Waals surface area contributed by atoms with E-state index in [9.17, 15) is 4.79 Å². The van der Waals surface area contributed by atoms with Crippen molar-refractivity contribution in [2.75, 3.05) is 20.2 Å². The van der Waals surface area contributed by atoms with Gasteiger partial charge in [0.25, 0.3) is 0 Å². The summed E-state index contributed by atoms with van der Waals surface area (Å²) in [5.41, 5.74) is 5.61. The van der Waals surface area contributed by atoms with Gasteiger partial charge in [-0.1, -0.05) is 18.2 Å². The van der Waals surface area contributed by atoms with E-state index in [1.165, 1.54) is 0 Å². The van der Waals surface area contributed by atoms with Gasteiger partial charge in [0.1, 0.15) is 5.75 Å². The molecule has 0 unspecified atom stereocenters. The Morgan fingerprint density at radius 3 is 2.65 bits per heavy atom. The molecule has 4 nitrogen and oxygen atoms in total. The number of rotatable bonds is 5. The molecule has 0 aromatic heterocycles. The molecule has 0 heterocycles. The lowest BCUT2D eigenvalue weighted by Gasteiger charge is -2.25. The highest BCUT2D eigenvalue weighted by Gasteiger charge is 2.31. The summed E-state index contributed by atoms with van der Waals surface area (Å²) in [5.74, 6) is 0.674. The molecule has 94 valence electrons. The molecular weight excluding hydrogens is 216 g/mol. The van der Waals surface area contributed by atoms with Crippen molar-refractivity contribution in [3.8, 4) is 5.75 Å². The number of nitrogens with one attached hydrogen (secondary N) is 1. The molecule has 0 bridgehead atoms. The number of amides is 1. The van der Waals surface area contributed by atoms with E-state index in [0.29, 0.717) is 13.1 Å². The van der Waals surface area contributed by atoms with E-state index in [0.717, 1.165) is 11.3 Å². The molecule has 0 radical (unpaired) electrons. The fourth-order valence-electron chi connectivity index (χ4n) is 1.69. The maximum atomic E-state index is 12.1. The number of benzene rings is 1. The molecule has 1 amide bonds. The van der Waals surface area contributed by atoms with Gasteiger partial charge < -0.3 is 15.8 Å². The third-order valence-electron chi connectivity index (χ3n) is 2.78. The lowest BCUT2D eigenvalue weighted by molar-refractivity contribution is -0.125. The number of methoxy groups -OCH3 is 1. The molecule has 0 saturated carbocycles. The SMILES string of the molecule is COc1ccccc1C(C)(C)C(=O)NCCN. The van der Waals surface area contributed by atoms with Crippen molar-refractivity contribution in [1.82, 2.24) is 5.32 Å². The van der Waals surface area contributed by atoms with E-state index in [1.807, 2.05) is 38.1 Å². The van der Waals surface area contributed by atoms with E-state index >= 15 is 0 Å². The van der Waals surface area contributed by atoms with Crippen molar-refractivity contribution in [3.05, 3.63) is 29.8 Å². The number of carbonyl (C=O) groups is 1. The van der Waals surface area contributed by atoms with Crippen LogP contribution in [0.3, 0.4) is 0 Å². The fourth-order valence-corrected chi connectivity index (χ4v) is 1.69. The smallest absolute Gasteiger partial charge is 0.230 e. The quantitative estimate of drug-likeness (QED) is 0.803. The van der Waals surface area contributed by atoms with Crippen LogP contribution in [0.2, 0.25) is 0 Å². The zero-order chi connectivity index (χ0) is 12.9. The minimum atomic E-state index is -0.637. The summed E-state index contributed by atoms with van der Waals surface area (Å²) < 4.78 is 5.28. The van der Waals surface area contributed by atoms with Crippen LogP contribution in [0.15, 0.2) is 24.3 Å². The topological polar surface area (TPSA) is 64.3 Å². The first-order valence-corrected chi connectivity index (χ1v) is 5.66. The van der Waals surface area contributed by atoms with Crippen LogP contribution < -0.4 is 15.8 Å². The first-order valence-electron chi connectivity index (χ1n) is 5.66. The number of hydrogen-bond acceptors (Lipinski definition) is 3. The minimum absolute atomic E-state index is 0.0487. The Kier molecular flexibility index (Phi) is 4.52. The highest BCUT2D eigenvalue weighted by molar-refractivity contribution is 5.88. The number of ether oxygens (including phenoxy) is 1. The van der Waals surface area contributed by atoms with Crippen LogP contribution in [-0.4, -0.2) is 26.1 Å². The molecule has 0 fully saturated rings. The molecule has 0 aliphatic rings. The molecular formula is C13H20N2O2. The van der Waals surface area contributed by atoms with Gasteiger partial charge in [0, 0.05) is 18.7 Å². The van der Waals surface area contributed by atoms with Crippen LogP contribution >= 0.6 is 0 Å². The maximum Gasteiger partial charge on any atom is 0.230 e. The Morgan fingerprint density at radius 2 is 2.06 bits per heavy atom. The van der Waals surface area contributed by atoms with Gasteiger partial charge >= 0.3 is 0 Å². The number of para-hydroxylation sites is 1. The average Bonchev–Trinajstić information content (AvgIpc) is 2.35. The Hall–Kier alpha value is -1.55. The van der Waals surface area contributed by atoms with Gasteiger partial charge in [-0.15, -0.1) is 0 Å².